The van der Waals surface area contributed by atoms with Crippen molar-refractivity contribution in [2.45, 2.75) is 6.42 Å². The summed E-state index contributed by atoms with van der Waals surface area (Å²) in [5.41, 5.74) is 4.09. The molecule has 0 radical (unpaired) electrons. The fourth-order valence-corrected chi connectivity index (χ4v) is 4.33. The average molecular weight is 428 g/mol. The van der Waals surface area contributed by atoms with E-state index in [1.165, 1.54) is 29.7 Å². The first-order valence-corrected chi connectivity index (χ1v) is 10.6. The molecule has 0 spiro atoms. The van der Waals surface area contributed by atoms with E-state index in [4.69, 9.17) is 4.42 Å². The number of para-hydroxylation sites is 1. The fourth-order valence-electron chi connectivity index (χ4n) is 3.49. The molecule has 0 bridgehead atoms. The van der Waals surface area contributed by atoms with Gasteiger partial charge in [-0.3, -0.25) is 10.1 Å². The van der Waals surface area contributed by atoms with E-state index in [1.54, 1.807) is 18.3 Å². The number of hydrogen-bond donors (Lipinski definition) is 1. The topological polar surface area (TPSA) is 55.1 Å². The van der Waals surface area contributed by atoms with Gasteiger partial charge in [-0.15, -0.1) is 11.3 Å². The molecule has 0 saturated carbocycles. The van der Waals surface area contributed by atoms with E-state index in [9.17, 15) is 9.18 Å². The number of rotatable bonds is 5. The molecular weight excluding hydrogens is 411 g/mol. The molecule has 152 valence electrons. The van der Waals surface area contributed by atoms with Crippen molar-refractivity contribution in [3.8, 4) is 11.1 Å². The van der Waals surface area contributed by atoms with Gasteiger partial charge in [-0.25, -0.2) is 9.37 Å². The molecule has 31 heavy (non-hydrogen) atoms. The van der Waals surface area contributed by atoms with Crippen LogP contribution in [-0.4, -0.2) is 10.9 Å². The van der Waals surface area contributed by atoms with E-state index in [0.29, 0.717) is 22.7 Å². The van der Waals surface area contributed by atoms with Gasteiger partial charge in [0.2, 0.25) is 0 Å². The van der Waals surface area contributed by atoms with Crippen molar-refractivity contribution >= 4 is 33.3 Å². The van der Waals surface area contributed by atoms with Gasteiger partial charge in [0.05, 0.1) is 5.56 Å². The Morgan fingerprint density at radius 2 is 1.81 bits per heavy atom. The zero-order valence-corrected chi connectivity index (χ0v) is 17.2. The summed E-state index contributed by atoms with van der Waals surface area (Å²) in [5, 5.41) is 4.12. The van der Waals surface area contributed by atoms with E-state index in [1.807, 2.05) is 48.5 Å². The molecule has 0 aliphatic carbocycles. The Hall–Kier alpha value is -3.77. The number of hydrogen-bond acceptors (Lipinski definition) is 4. The first kappa shape index (κ1) is 19.2. The molecule has 5 rings (SSSR count). The molecule has 5 aromatic rings. The molecule has 0 fully saturated rings. The van der Waals surface area contributed by atoms with Crippen molar-refractivity contribution in [1.29, 1.82) is 0 Å². The quantitative estimate of drug-likeness (QED) is 0.346. The molecule has 0 atom stereocenters. The Balaban J connectivity index is 1.36. The van der Waals surface area contributed by atoms with Crippen molar-refractivity contribution in [2.75, 3.05) is 5.32 Å². The van der Waals surface area contributed by atoms with Crippen LogP contribution >= 0.6 is 11.3 Å². The van der Waals surface area contributed by atoms with Crippen LogP contribution in [0.25, 0.3) is 22.1 Å². The predicted molar refractivity (Wildman–Crippen MR) is 121 cm³/mol. The van der Waals surface area contributed by atoms with Crippen LogP contribution in [0.2, 0.25) is 0 Å². The van der Waals surface area contributed by atoms with Gasteiger partial charge < -0.3 is 4.42 Å². The molecule has 4 nitrogen and oxygen atoms in total. The summed E-state index contributed by atoms with van der Waals surface area (Å²) in [7, 11) is 0. The minimum Gasteiger partial charge on any atom is -0.463 e. The van der Waals surface area contributed by atoms with E-state index in [-0.39, 0.29) is 11.7 Å². The van der Waals surface area contributed by atoms with Gasteiger partial charge in [0.1, 0.15) is 17.7 Å². The summed E-state index contributed by atoms with van der Waals surface area (Å²) in [6, 6.07) is 22.1. The molecule has 0 aliphatic heterocycles. The highest BCUT2D eigenvalue weighted by Gasteiger charge is 2.18. The molecule has 0 unspecified atom stereocenters. The van der Waals surface area contributed by atoms with Gasteiger partial charge in [-0.05, 0) is 23.3 Å². The van der Waals surface area contributed by atoms with Crippen molar-refractivity contribution in [3.05, 3.63) is 107 Å². The van der Waals surface area contributed by atoms with E-state index in [2.05, 4.69) is 10.3 Å². The van der Waals surface area contributed by atoms with Gasteiger partial charge >= 0.3 is 0 Å². The highest BCUT2D eigenvalue weighted by molar-refractivity contribution is 7.15. The largest absolute Gasteiger partial charge is 0.463 e. The molecule has 0 saturated heterocycles. The first-order chi connectivity index (χ1) is 15.2. The normalized spacial score (nSPS) is 11.0. The Morgan fingerprint density at radius 1 is 1.00 bits per heavy atom. The number of thiazole rings is 1. The number of carbonyl (C=O) groups excluding carboxylic acids is 1. The predicted octanol–water partition coefficient (Wildman–Crippen LogP) is 6.54. The van der Waals surface area contributed by atoms with Crippen LogP contribution in [0.4, 0.5) is 9.52 Å². The maximum atomic E-state index is 13.1. The Bertz CT molecular complexity index is 1360. The first-order valence-electron chi connectivity index (χ1n) is 9.73. The summed E-state index contributed by atoms with van der Waals surface area (Å²) < 4.78 is 18.9. The minimum absolute atomic E-state index is 0.260. The van der Waals surface area contributed by atoms with E-state index in [0.717, 1.165) is 27.0 Å². The molecule has 0 aliphatic rings. The number of halogens is 1. The number of aromatic nitrogens is 1. The zero-order valence-electron chi connectivity index (χ0n) is 16.3. The highest BCUT2D eigenvalue weighted by atomic mass is 32.1. The lowest BCUT2D eigenvalue weighted by molar-refractivity contribution is 0.102. The number of anilines is 1. The fraction of sp³-hybridized carbons (Fsp3) is 0.0400. The second-order valence-corrected chi connectivity index (χ2v) is 8.20. The molecule has 2 heterocycles. The number of amides is 1. The third kappa shape index (κ3) is 3.98. The number of benzene rings is 3. The maximum Gasteiger partial charge on any atom is 0.261 e. The van der Waals surface area contributed by atoms with Gasteiger partial charge in [-0.2, -0.15) is 0 Å². The summed E-state index contributed by atoms with van der Waals surface area (Å²) in [6.45, 7) is 0. The summed E-state index contributed by atoms with van der Waals surface area (Å²) >= 11 is 1.40. The van der Waals surface area contributed by atoms with Gasteiger partial charge in [0.15, 0.2) is 5.13 Å². The molecule has 3 aromatic carbocycles. The van der Waals surface area contributed by atoms with Crippen molar-refractivity contribution in [2.24, 2.45) is 0 Å². The number of nitrogens with one attached hydrogen (secondary N) is 1. The van der Waals surface area contributed by atoms with Crippen LogP contribution in [-0.2, 0) is 6.42 Å². The summed E-state index contributed by atoms with van der Waals surface area (Å²) in [6.07, 6.45) is 3.84. The lowest BCUT2D eigenvalue weighted by Gasteiger charge is -2.03. The van der Waals surface area contributed by atoms with E-state index >= 15 is 0 Å². The average Bonchev–Trinajstić information content (AvgIpc) is 3.42. The third-order valence-corrected chi connectivity index (χ3v) is 5.91. The number of nitrogens with zero attached hydrogens (tertiary/aromatic N) is 1. The van der Waals surface area contributed by atoms with Crippen molar-refractivity contribution in [3.63, 3.8) is 0 Å². The van der Waals surface area contributed by atoms with Crippen LogP contribution in [0.5, 0.6) is 0 Å². The minimum atomic E-state index is -0.272. The Kier molecular flexibility index (Phi) is 5.06. The van der Waals surface area contributed by atoms with Crippen molar-refractivity contribution < 1.29 is 13.6 Å². The molecule has 2 aromatic heterocycles. The molecule has 6 heteroatoms. The van der Waals surface area contributed by atoms with Crippen LogP contribution in [0.15, 0.2) is 89.7 Å². The van der Waals surface area contributed by atoms with Crippen LogP contribution < -0.4 is 5.32 Å². The highest BCUT2D eigenvalue weighted by Crippen LogP contribution is 2.32. The standard InChI is InChI=1S/C25H17FN2O2S/c26-18-11-9-16(10-12-18)13-19-14-27-25(31-19)28-24(29)22-15-30-23-20(7-4-8-21(22)23)17-5-2-1-3-6-17/h1-12,14-15H,13H2,(H,27,28,29). The Labute approximate surface area is 182 Å². The molecular formula is C25H17FN2O2S. The van der Waals surface area contributed by atoms with Crippen LogP contribution in [0, 0.1) is 5.82 Å². The second kappa shape index (κ2) is 8.16. The number of carbonyl (C=O) groups is 1. The lowest BCUT2D eigenvalue weighted by atomic mass is 10.0. The smallest absolute Gasteiger partial charge is 0.261 e. The number of fused-ring (bicyclic) bond motifs is 1. The Morgan fingerprint density at radius 3 is 2.61 bits per heavy atom. The maximum absolute atomic E-state index is 13.1. The van der Waals surface area contributed by atoms with Crippen molar-refractivity contribution in [1.82, 2.24) is 4.98 Å². The van der Waals surface area contributed by atoms with Gasteiger partial charge in [0.25, 0.3) is 5.91 Å². The second-order valence-electron chi connectivity index (χ2n) is 7.09. The zero-order chi connectivity index (χ0) is 21.2. The molecule has 1 amide bonds. The summed E-state index contributed by atoms with van der Waals surface area (Å²) in [5.74, 6) is -0.532. The number of furan rings is 1. The third-order valence-electron chi connectivity index (χ3n) is 4.99. The van der Waals surface area contributed by atoms with Crippen LogP contribution in [0.3, 0.4) is 0 Å². The van der Waals surface area contributed by atoms with Gasteiger partial charge in [0, 0.05) is 28.4 Å². The molecule has 1 N–H and O–H groups in total. The van der Waals surface area contributed by atoms with Gasteiger partial charge in [-0.1, -0.05) is 60.7 Å². The lowest BCUT2D eigenvalue weighted by Crippen LogP contribution is -2.10. The summed E-state index contributed by atoms with van der Waals surface area (Å²) in [4.78, 5) is 18.2. The van der Waals surface area contributed by atoms with Crippen LogP contribution in [0.1, 0.15) is 20.8 Å². The SMILES string of the molecule is O=C(Nc1ncc(Cc2ccc(F)cc2)s1)c1coc2c(-c3ccccc3)cccc12. The monoisotopic (exact) mass is 428 g/mol. The van der Waals surface area contributed by atoms with E-state index < -0.39 is 0 Å².